The van der Waals surface area contributed by atoms with Crippen molar-refractivity contribution in [3.63, 3.8) is 0 Å². The number of nitrogens with two attached hydrogens (primary N) is 1. The fourth-order valence-corrected chi connectivity index (χ4v) is 1.15. The maximum Gasteiger partial charge on any atom is 0.340 e. The molecule has 0 atom stereocenters. The van der Waals surface area contributed by atoms with Crippen LogP contribution in [0.25, 0.3) is 0 Å². The number of hydrogen-bond donors (Lipinski definition) is 1. The number of anilines is 1. The second-order valence-corrected chi connectivity index (χ2v) is 3.64. The van der Waals surface area contributed by atoms with Crippen LogP contribution in [0.5, 0.6) is 0 Å². The molecule has 0 bridgehead atoms. The molecule has 2 N–H and O–H groups in total. The van der Waals surface area contributed by atoms with Crippen LogP contribution >= 0.6 is 0 Å². The summed E-state index contributed by atoms with van der Waals surface area (Å²) in [4.78, 5) is 22.6. The molecule has 0 aliphatic rings. The van der Waals surface area contributed by atoms with E-state index in [0.29, 0.717) is 16.8 Å². The van der Waals surface area contributed by atoms with E-state index in [9.17, 15) is 9.59 Å². The van der Waals surface area contributed by atoms with Crippen LogP contribution in [-0.2, 0) is 14.3 Å². The summed E-state index contributed by atoms with van der Waals surface area (Å²) in [5, 5.41) is 0. The van der Waals surface area contributed by atoms with E-state index < -0.39 is 11.9 Å². The minimum atomic E-state index is -0.542. The van der Waals surface area contributed by atoms with E-state index in [-0.39, 0.29) is 13.2 Å². The highest BCUT2D eigenvalue weighted by Gasteiger charge is 2.10. The molecule has 0 amide bonds. The van der Waals surface area contributed by atoms with Crippen LogP contribution in [-0.4, -0.2) is 25.2 Å². The van der Waals surface area contributed by atoms with Gasteiger partial charge in [-0.05, 0) is 19.1 Å². The first-order valence-electron chi connectivity index (χ1n) is 5.36. The third-order valence-corrected chi connectivity index (χ3v) is 2.08. The maximum absolute atomic E-state index is 11.6. The van der Waals surface area contributed by atoms with Crippen LogP contribution in [0.1, 0.15) is 17.3 Å². The lowest BCUT2D eigenvalue weighted by molar-refractivity contribution is -0.140. The molecule has 0 saturated heterocycles. The van der Waals surface area contributed by atoms with Gasteiger partial charge in [0.1, 0.15) is 13.2 Å². The molecule has 1 aromatic carbocycles. The van der Waals surface area contributed by atoms with Crippen molar-refractivity contribution < 1.29 is 19.1 Å². The van der Waals surface area contributed by atoms with Gasteiger partial charge in [-0.2, -0.15) is 0 Å². The number of para-hydroxylation sites is 1. The molecule has 1 rings (SSSR count). The summed E-state index contributed by atoms with van der Waals surface area (Å²) in [5.41, 5.74) is 6.56. The van der Waals surface area contributed by atoms with Crippen molar-refractivity contribution >= 4 is 17.6 Å². The SMILES string of the molecule is C=C(C)C(=O)OCCOC(=O)c1ccccc1N. The summed E-state index contributed by atoms with van der Waals surface area (Å²) in [6, 6.07) is 6.59. The summed E-state index contributed by atoms with van der Waals surface area (Å²) < 4.78 is 9.69. The third kappa shape index (κ3) is 3.93. The summed E-state index contributed by atoms with van der Waals surface area (Å²) in [6.45, 7) is 4.94. The fraction of sp³-hybridized carbons (Fsp3) is 0.231. The van der Waals surface area contributed by atoms with Crippen LogP contribution in [0.3, 0.4) is 0 Å². The van der Waals surface area contributed by atoms with E-state index in [1.807, 2.05) is 0 Å². The Morgan fingerprint density at radius 1 is 1.22 bits per heavy atom. The summed E-state index contributed by atoms with van der Waals surface area (Å²) in [6.07, 6.45) is 0. The first kappa shape index (κ1) is 13.8. The molecular formula is C13H15NO4. The molecular weight excluding hydrogens is 234 g/mol. The largest absolute Gasteiger partial charge is 0.459 e. The summed E-state index contributed by atoms with van der Waals surface area (Å²) in [7, 11) is 0. The van der Waals surface area contributed by atoms with E-state index in [4.69, 9.17) is 15.2 Å². The number of benzene rings is 1. The van der Waals surface area contributed by atoms with Gasteiger partial charge in [0.15, 0.2) is 0 Å². The van der Waals surface area contributed by atoms with Gasteiger partial charge in [-0.25, -0.2) is 9.59 Å². The average molecular weight is 249 g/mol. The minimum Gasteiger partial charge on any atom is -0.459 e. The molecule has 0 aliphatic carbocycles. The van der Waals surface area contributed by atoms with Crippen molar-refractivity contribution in [2.45, 2.75) is 6.92 Å². The molecule has 0 spiro atoms. The van der Waals surface area contributed by atoms with Gasteiger partial charge in [0, 0.05) is 11.3 Å². The molecule has 5 heteroatoms. The number of rotatable bonds is 5. The van der Waals surface area contributed by atoms with Gasteiger partial charge in [-0.3, -0.25) is 0 Å². The van der Waals surface area contributed by atoms with Crippen LogP contribution in [0.4, 0.5) is 5.69 Å². The zero-order chi connectivity index (χ0) is 13.5. The Kier molecular flexibility index (Phi) is 4.92. The van der Waals surface area contributed by atoms with Crippen LogP contribution in [0, 0.1) is 0 Å². The smallest absolute Gasteiger partial charge is 0.340 e. The Balaban J connectivity index is 2.37. The normalized spacial score (nSPS) is 9.61. The molecule has 0 fully saturated rings. The standard InChI is InChI=1S/C13H15NO4/c1-9(2)12(15)17-7-8-18-13(16)10-5-3-4-6-11(10)14/h3-6H,1,7-8,14H2,2H3. The van der Waals surface area contributed by atoms with E-state index in [2.05, 4.69) is 6.58 Å². The van der Waals surface area contributed by atoms with E-state index in [1.54, 1.807) is 31.2 Å². The van der Waals surface area contributed by atoms with Gasteiger partial charge in [-0.15, -0.1) is 0 Å². The number of esters is 2. The van der Waals surface area contributed by atoms with Crippen molar-refractivity contribution in [3.05, 3.63) is 42.0 Å². The van der Waals surface area contributed by atoms with Gasteiger partial charge in [0.05, 0.1) is 5.56 Å². The minimum absolute atomic E-state index is 0.00975. The van der Waals surface area contributed by atoms with E-state index in [0.717, 1.165) is 0 Å². The predicted molar refractivity (Wildman–Crippen MR) is 66.9 cm³/mol. The number of ether oxygens (including phenoxy) is 2. The number of hydrogen-bond acceptors (Lipinski definition) is 5. The first-order valence-corrected chi connectivity index (χ1v) is 5.36. The Bertz CT molecular complexity index is 468. The third-order valence-electron chi connectivity index (χ3n) is 2.08. The lowest BCUT2D eigenvalue weighted by atomic mass is 10.2. The van der Waals surface area contributed by atoms with Crippen LogP contribution < -0.4 is 5.73 Å². The second kappa shape index (κ2) is 6.44. The van der Waals surface area contributed by atoms with Gasteiger partial charge in [0.25, 0.3) is 0 Å². The molecule has 1 aromatic rings. The van der Waals surface area contributed by atoms with Crippen molar-refractivity contribution in [3.8, 4) is 0 Å². The summed E-state index contributed by atoms with van der Waals surface area (Å²) in [5.74, 6) is -1.05. The van der Waals surface area contributed by atoms with Gasteiger partial charge in [-0.1, -0.05) is 18.7 Å². The highest BCUT2D eigenvalue weighted by Crippen LogP contribution is 2.11. The van der Waals surface area contributed by atoms with Gasteiger partial charge in [0.2, 0.25) is 0 Å². The van der Waals surface area contributed by atoms with Crippen molar-refractivity contribution in [2.75, 3.05) is 18.9 Å². The molecule has 18 heavy (non-hydrogen) atoms. The highest BCUT2D eigenvalue weighted by atomic mass is 16.6. The Morgan fingerprint density at radius 2 is 1.83 bits per heavy atom. The molecule has 0 aromatic heterocycles. The van der Waals surface area contributed by atoms with Crippen LogP contribution in [0.15, 0.2) is 36.4 Å². The van der Waals surface area contributed by atoms with Crippen molar-refractivity contribution in [1.29, 1.82) is 0 Å². The van der Waals surface area contributed by atoms with Crippen molar-refractivity contribution in [2.24, 2.45) is 0 Å². The Morgan fingerprint density at radius 3 is 2.44 bits per heavy atom. The molecule has 96 valence electrons. The molecule has 0 heterocycles. The second-order valence-electron chi connectivity index (χ2n) is 3.64. The quantitative estimate of drug-likeness (QED) is 0.370. The molecule has 0 saturated carbocycles. The lowest BCUT2D eigenvalue weighted by Gasteiger charge is -2.07. The fourth-order valence-electron chi connectivity index (χ4n) is 1.15. The molecule has 0 radical (unpaired) electrons. The Hall–Kier alpha value is -2.30. The van der Waals surface area contributed by atoms with Gasteiger partial charge < -0.3 is 15.2 Å². The Labute approximate surface area is 105 Å². The van der Waals surface area contributed by atoms with E-state index in [1.165, 1.54) is 0 Å². The molecule has 0 unspecified atom stereocenters. The number of carbonyl (C=O) groups excluding carboxylic acids is 2. The highest BCUT2D eigenvalue weighted by molar-refractivity contribution is 5.95. The van der Waals surface area contributed by atoms with Crippen molar-refractivity contribution in [1.82, 2.24) is 0 Å². The monoisotopic (exact) mass is 249 g/mol. The maximum atomic E-state index is 11.6. The number of nitrogen functional groups attached to an aromatic ring is 1. The van der Waals surface area contributed by atoms with Crippen LogP contribution in [0.2, 0.25) is 0 Å². The molecule has 5 nitrogen and oxygen atoms in total. The molecule has 0 aliphatic heterocycles. The average Bonchev–Trinajstić information content (AvgIpc) is 2.34. The lowest BCUT2D eigenvalue weighted by Crippen LogP contribution is -2.15. The first-order chi connectivity index (χ1) is 8.52. The zero-order valence-electron chi connectivity index (χ0n) is 10.1. The van der Waals surface area contributed by atoms with Gasteiger partial charge >= 0.3 is 11.9 Å². The zero-order valence-corrected chi connectivity index (χ0v) is 10.1. The number of carbonyl (C=O) groups is 2. The summed E-state index contributed by atoms with van der Waals surface area (Å²) >= 11 is 0. The predicted octanol–water partition coefficient (Wildman–Crippen LogP) is 1.54. The van der Waals surface area contributed by atoms with E-state index >= 15 is 0 Å². The topological polar surface area (TPSA) is 78.6 Å².